The Labute approximate surface area is 255 Å². The third kappa shape index (κ3) is 9.25. The number of anilines is 2. The molecule has 43 heavy (non-hydrogen) atoms. The van der Waals surface area contributed by atoms with E-state index in [1.165, 1.54) is 11.1 Å². The minimum Gasteiger partial charge on any atom is -0.444 e. The summed E-state index contributed by atoms with van der Waals surface area (Å²) in [4.78, 5) is 18.7. The molecule has 4 rings (SSSR count). The fraction of sp³-hybridized carbons (Fsp3) is 0.382. The third-order valence-electron chi connectivity index (χ3n) is 7.12. The van der Waals surface area contributed by atoms with E-state index >= 15 is 0 Å². The van der Waals surface area contributed by atoms with Crippen molar-refractivity contribution >= 4 is 38.4 Å². The van der Waals surface area contributed by atoms with Gasteiger partial charge >= 0.3 is 6.09 Å². The molecule has 0 atom stereocenters. The van der Waals surface area contributed by atoms with Crippen LogP contribution in [0.3, 0.4) is 0 Å². The Morgan fingerprint density at radius 2 is 1.60 bits per heavy atom. The van der Waals surface area contributed by atoms with Crippen molar-refractivity contribution in [1.82, 2.24) is 9.88 Å². The summed E-state index contributed by atoms with van der Waals surface area (Å²) in [6, 6.07) is 19.8. The number of fused-ring (bicyclic) bond motifs is 1. The Balaban J connectivity index is 1.50. The van der Waals surface area contributed by atoms with Gasteiger partial charge in [0.25, 0.3) is 0 Å². The molecule has 8 nitrogen and oxygen atoms in total. The van der Waals surface area contributed by atoms with Crippen LogP contribution in [-0.4, -0.2) is 49.3 Å². The zero-order valence-electron chi connectivity index (χ0n) is 26.1. The molecule has 0 unspecified atom stereocenters. The van der Waals surface area contributed by atoms with E-state index in [0.717, 1.165) is 58.8 Å². The molecule has 4 aromatic rings. The van der Waals surface area contributed by atoms with E-state index in [1.807, 2.05) is 51.1 Å². The number of nitrogen functional groups attached to an aromatic ring is 1. The van der Waals surface area contributed by atoms with Crippen molar-refractivity contribution in [2.75, 3.05) is 29.8 Å². The van der Waals surface area contributed by atoms with Gasteiger partial charge in [0.1, 0.15) is 5.60 Å². The number of nitrogens with one attached hydrogen (secondary N) is 2. The van der Waals surface area contributed by atoms with Crippen LogP contribution in [0, 0.1) is 13.8 Å². The first-order valence-corrected chi connectivity index (χ1v) is 16.6. The maximum atomic E-state index is 13.3. The molecule has 230 valence electrons. The molecule has 0 spiro atoms. The molecule has 1 amide bonds. The number of benzene rings is 3. The summed E-state index contributed by atoms with van der Waals surface area (Å²) in [6.45, 7) is 10.9. The maximum absolute atomic E-state index is 13.3. The first-order chi connectivity index (χ1) is 20.2. The number of unbranched alkanes of at least 4 members (excludes halogenated alkanes) is 1. The van der Waals surface area contributed by atoms with E-state index in [4.69, 9.17) is 10.5 Å². The van der Waals surface area contributed by atoms with Crippen molar-refractivity contribution in [3.8, 4) is 11.3 Å². The molecular formula is C34H44N4O4S. The van der Waals surface area contributed by atoms with Gasteiger partial charge in [0.15, 0.2) is 0 Å². The molecule has 0 saturated heterocycles. The molecule has 0 aliphatic carbocycles. The summed E-state index contributed by atoms with van der Waals surface area (Å²) in [7, 11) is -3.31. The van der Waals surface area contributed by atoms with E-state index < -0.39 is 15.6 Å². The smallest absolute Gasteiger partial charge is 0.410 e. The monoisotopic (exact) mass is 604 g/mol. The summed E-state index contributed by atoms with van der Waals surface area (Å²) in [5.74, 6) is 0. The standard InChI is InChI=1S/C34H44N4O4S/c1-23-19-24(2)21-26(20-23)32-29(30-22-27(35)12-15-31(30)36-32)16-18-38(33(39)42-34(3,4)5)17-8-7-9-25-10-13-28(14-11-25)37-43(6,40)41/h10-15,19-22,36-37H,7-9,16-18,35H2,1-6H3. The van der Waals surface area contributed by atoms with Gasteiger partial charge in [0, 0.05) is 41.1 Å². The molecule has 1 heterocycles. The SMILES string of the molecule is Cc1cc(C)cc(-c2[nH]c3ccc(N)cc3c2CCN(CCCCc2ccc(NS(C)(=O)=O)cc2)C(=O)OC(C)(C)C)c1. The van der Waals surface area contributed by atoms with Gasteiger partial charge in [-0.1, -0.05) is 29.3 Å². The number of sulfonamides is 1. The highest BCUT2D eigenvalue weighted by molar-refractivity contribution is 7.92. The molecule has 0 radical (unpaired) electrons. The Kier molecular flexibility index (Phi) is 9.75. The summed E-state index contributed by atoms with van der Waals surface area (Å²) < 4.78 is 31.2. The second-order valence-corrected chi connectivity index (χ2v) is 14.2. The Bertz CT molecular complexity index is 1670. The number of hydrogen-bond donors (Lipinski definition) is 3. The summed E-state index contributed by atoms with van der Waals surface area (Å²) in [5.41, 5.74) is 14.6. The fourth-order valence-electron chi connectivity index (χ4n) is 5.34. The van der Waals surface area contributed by atoms with Crippen LogP contribution < -0.4 is 10.5 Å². The molecule has 0 saturated carbocycles. The number of H-pyrrole nitrogens is 1. The topological polar surface area (TPSA) is 118 Å². The minimum atomic E-state index is -3.31. The van der Waals surface area contributed by atoms with E-state index in [1.54, 1.807) is 17.0 Å². The lowest BCUT2D eigenvalue weighted by Gasteiger charge is -2.27. The highest BCUT2D eigenvalue weighted by atomic mass is 32.2. The number of carbonyl (C=O) groups is 1. The fourth-order valence-corrected chi connectivity index (χ4v) is 5.91. The average molecular weight is 605 g/mol. The van der Waals surface area contributed by atoms with Crippen molar-refractivity contribution in [3.05, 3.63) is 82.9 Å². The van der Waals surface area contributed by atoms with Gasteiger partial charge < -0.3 is 20.4 Å². The second kappa shape index (κ2) is 13.1. The van der Waals surface area contributed by atoms with Crippen LogP contribution in [0.15, 0.2) is 60.7 Å². The van der Waals surface area contributed by atoms with Crippen molar-refractivity contribution in [2.24, 2.45) is 0 Å². The Morgan fingerprint density at radius 1 is 0.930 bits per heavy atom. The van der Waals surface area contributed by atoms with Gasteiger partial charge in [-0.2, -0.15) is 0 Å². The van der Waals surface area contributed by atoms with E-state index in [-0.39, 0.29) is 6.09 Å². The van der Waals surface area contributed by atoms with Crippen LogP contribution in [0.4, 0.5) is 16.2 Å². The first kappa shape index (κ1) is 31.9. The molecule has 9 heteroatoms. The van der Waals surface area contributed by atoms with E-state index in [2.05, 4.69) is 41.8 Å². The summed E-state index contributed by atoms with van der Waals surface area (Å²) in [5, 5.41) is 1.06. The number of amides is 1. The molecule has 0 aliphatic heterocycles. The summed E-state index contributed by atoms with van der Waals surface area (Å²) in [6.07, 6.45) is 3.94. The molecule has 4 N–H and O–H groups in total. The second-order valence-electron chi connectivity index (χ2n) is 12.4. The average Bonchev–Trinajstić information content (AvgIpc) is 3.24. The number of ether oxygens (including phenoxy) is 1. The lowest BCUT2D eigenvalue weighted by atomic mass is 9.99. The Hall–Kier alpha value is -3.98. The normalized spacial score (nSPS) is 12.0. The van der Waals surface area contributed by atoms with Gasteiger partial charge in [0.05, 0.1) is 6.26 Å². The van der Waals surface area contributed by atoms with Crippen LogP contribution in [-0.2, 0) is 27.6 Å². The summed E-state index contributed by atoms with van der Waals surface area (Å²) >= 11 is 0. The van der Waals surface area contributed by atoms with Gasteiger partial charge in [-0.05, 0) is 119 Å². The first-order valence-electron chi connectivity index (χ1n) is 14.7. The molecule has 0 fully saturated rings. The quantitative estimate of drug-likeness (QED) is 0.124. The lowest BCUT2D eigenvalue weighted by molar-refractivity contribution is 0.0249. The third-order valence-corrected chi connectivity index (χ3v) is 7.73. The van der Waals surface area contributed by atoms with Crippen molar-refractivity contribution < 1.29 is 17.9 Å². The van der Waals surface area contributed by atoms with Gasteiger partial charge in [-0.15, -0.1) is 0 Å². The molecule has 1 aromatic heterocycles. The predicted molar refractivity (Wildman–Crippen MR) is 177 cm³/mol. The molecular weight excluding hydrogens is 560 g/mol. The molecule has 3 aromatic carbocycles. The largest absolute Gasteiger partial charge is 0.444 e. The van der Waals surface area contributed by atoms with Gasteiger partial charge in [-0.25, -0.2) is 13.2 Å². The number of rotatable bonds is 11. The number of aryl methyl sites for hydroxylation is 3. The number of nitrogens with two attached hydrogens (primary N) is 1. The molecule has 0 bridgehead atoms. The number of hydrogen-bond acceptors (Lipinski definition) is 5. The zero-order valence-corrected chi connectivity index (χ0v) is 26.9. The van der Waals surface area contributed by atoms with Crippen LogP contribution in [0.5, 0.6) is 0 Å². The number of aromatic amines is 1. The van der Waals surface area contributed by atoms with Crippen molar-refractivity contribution in [1.29, 1.82) is 0 Å². The maximum Gasteiger partial charge on any atom is 0.410 e. The zero-order chi connectivity index (χ0) is 31.4. The minimum absolute atomic E-state index is 0.323. The van der Waals surface area contributed by atoms with Crippen molar-refractivity contribution in [3.63, 3.8) is 0 Å². The predicted octanol–water partition coefficient (Wildman–Crippen LogP) is 7.21. The van der Waals surface area contributed by atoms with E-state index in [0.29, 0.717) is 30.9 Å². The van der Waals surface area contributed by atoms with Crippen LogP contribution in [0.2, 0.25) is 0 Å². The van der Waals surface area contributed by atoms with Crippen LogP contribution in [0.1, 0.15) is 55.9 Å². The highest BCUT2D eigenvalue weighted by Gasteiger charge is 2.23. The molecule has 0 aliphatic rings. The lowest BCUT2D eigenvalue weighted by Crippen LogP contribution is -2.38. The van der Waals surface area contributed by atoms with Gasteiger partial charge in [-0.3, -0.25) is 4.72 Å². The van der Waals surface area contributed by atoms with Gasteiger partial charge in [0.2, 0.25) is 10.0 Å². The van der Waals surface area contributed by atoms with Crippen molar-refractivity contribution in [2.45, 2.75) is 65.9 Å². The van der Waals surface area contributed by atoms with Crippen LogP contribution in [0.25, 0.3) is 22.2 Å². The number of aromatic nitrogens is 1. The number of nitrogens with zero attached hydrogens (tertiary/aromatic N) is 1. The van der Waals surface area contributed by atoms with Crippen LogP contribution >= 0.6 is 0 Å². The number of carbonyl (C=O) groups excluding carboxylic acids is 1. The Morgan fingerprint density at radius 3 is 2.23 bits per heavy atom. The highest BCUT2D eigenvalue weighted by Crippen LogP contribution is 2.33. The van der Waals surface area contributed by atoms with E-state index in [9.17, 15) is 13.2 Å².